The van der Waals surface area contributed by atoms with E-state index >= 15 is 0 Å². The number of carbonyl (C=O) groups is 1. The van der Waals surface area contributed by atoms with Gasteiger partial charge in [-0.1, -0.05) is 6.07 Å². The van der Waals surface area contributed by atoms with E-state index in [1.807, 2.05) is 11.1 Å². The molecular weight excluding hydrogens is 276 g/mol. The van der Waals surface area contributed by atoms with Crippen molar-refractivity contribution in [3.63, 3.8) is 0 Å². The summed E-state index contributed by atoms with van der Waals surface area (Å²) < 4.78 is 0. The maximum absolute atomic E-state index is 12.2. The lowest BCUT2D eigenvalue weighted by Crippen LogP contribution is -2.47. The van der Waals surface area contributed by atoms with Crippen molar-refractivity contribution in [3.8, 4) is 0 Å². The van der Waals surface area contributed by atoms with Crippen LogP contribution in [0.5, 0.6) is 0 Å². The molecule has 22 heavy (non-hydrogen) atoms. The lowest BCUT2D eigenvalue weighted by molar-refractivity contribution is 0.158. The van der Waals surface area contributed by atoms with Crippen molar-refractivity contribution in [2.75, 3.05) is 24.5 Å². The fourth-order valence-corrected chi connectivity index (χ4v) is 3.33. The van der Waals surface area contributed by atoms with Crippen LogP contribution in [0.25, 0.3) is 0 Å². The Hall–Kier alpha value is -1.78. The van der Waals surface area contributed by atoms with Crippen LogP contribution in [0.2, 0.25) is 0 Å². The maximum atomic E-state index is 12.2. The molecule has 0 bridgehead atoms. The number of pyridine rings is 1. The Morgan fingerprint density at radius 3 is 2.68 bits per heavy atom. The zero-order chi connectivity index (χ0) is 15.4. The summed E-state index contributed by atoms with van der Waals surface area (Å²) in [6.07, 6.45) is 7.85. The molecule has 3 rings (SSSR count). The monoisotopic (exact) mass is 302 g/mol. The fourth-order valence-electron chi connectivity index (χ4n) is 3.33. The summed E-state index contributed by atoms with van der Waals surface area (Å²) in [5.74, 6) is 1.05. The second-order valence-electron chi connectivity index (χ2n) is 6.42. The van der Waals surface area contributed by atoms with Gasteiger partial charge < -0.3 is 15.1 Å². The molecule has 1 aromatic rings. The number of nitrogens with one attached hydrogen (secondary N) is 1. The number of piperidine rings is 1. The number of anilines is 1. The van der Waals surface area contributed by atoms with Gasteiger partial charge in [-0.3, -0.25) is 0 Å². The lowest BCUT2D eigenvalue weighted by atomic mass is 10.0. The number of carbonyl (C=O) groups excluding carboxylic acids is 1. The number of nitrogens with zero attached hydrogens (tertiary/aromatic N) is 3. The Morgan fingerprint density at radius 1 is 1.23 bits per heavy atom. The van der Waals surface area contributed by atoms with Gasteiger partial charge in [0.2, 0.25) is 0 Å². The highest BCUT2D eigenvalue weighted by Gasteiger charge is 2.22. The molecule has 3 heterocycles. The Morgan fingerprint density at radius 2 is 2.00 bits per heavy atom. The molecule has 2 aliphatic rings. The van der Waals surface area contributed by atoms with Gasteiger partial charge in [-0.2, -0.15) is 0 Å². The quantitative estimate of drug-likeness (QED) is 0.934. The molecule has 5 heteroatoms. The largest absolute Gasteiger partial charge is 0.357 e. The summed E-state index contributed by atoms with van der Waals surface area (Å²) in [5, 5.41) is 3.02. The van der Waals surface area contributed by atoms with Crippen LogP contribution in [0.3, 0.4) is 0 Å². The molecule has 1 aromatic heterocycles. The Balaban J connectivity index is 1.51. The molecule has 2 amide bonds. The molecule has 1 atom stereocenters. The summed E-state index contributed by atoms with van der Waals surface area (Å²) in [6, 6.07) is 4.54. The molecule has 120 valence electrons. The second kappa shape index (κ2) is 6.99. The third-order valence-corrected chi connectivity index (χ3v) is 4.75. The SMILES string of the molecule is CC1CCCCN1C(=O)NCc1ccc(N2CCCC2)nc1. The first-order valence-corrected chi connectivity index (χ1v) is 8.48. The van der Waals surface area contributed by atoms with E-state index in [1.54, 1.807) is 0 Å². The van der Waals surface area contributed by atoms with Crippen molar-refractivity contribution >= 4 is 11.8 Å². The van der Waals surface area contributed by atoms with Crippen LogP contribution < -0.4 is 10.2 Å². The summed E-state index contributed by atoms with van der Waals surface area (Å²) in [5.41, 5.74) is 1.06. The highest BCUT2D eigenvalue weighted by atomic mass is 16.2. The van der Waals surface area contributed by atoms with Gasteiger partial charge in [0.15, 0.2) is 0 Å². The van der Waals surface area contributed by atoms with Gasteiger partial charge in [0.25, 0.3) is 0 Å². The van der Waals surface area contributed by atoms with Crippen LogP contribution >= 0.6 is 0 Å². The van der Waals surface area contributed by atoms with Crippen LogP contribution in [0.4, 0.5) is 10.6 Å². The van der Waals surface area contributed by atoms with Gasteiger partial charge in [-0.25, -0.2) is 9.78 Å². The molecule has 0 spiro atoms. The first kappa shape index (κ1) is 15.1. The summed E-state index contributed by atoms with van der Waals surface area (Å²) in [7, 11) is 0. The van der Waals surface area contributed by atoms with Crippen molar-refractivity contribution in [2.24, 2.45) is 0 Å². The highest BCUT2D eigenvalue weighted by molar-refractivity contribution is 5.74. The van der Waals surface area contributed by atoms with Crippen molar-refractivity contribution in [2.45, 2.75) is 51.6 Å². The molecule has 1 unspecified atom stereocenters. The first-order chi connectivity index (χ1) is 10.7. The molecule has 0 aliphatic carbocycles. The maximum Gasteiger partial charge on any atom is 0.317 e. The lowest BCUT2D eigenvalue weighted by Gasteiger charge is -2.33. The van der Waals surface area contributed by atoms with E-state index in [-0.39, 0.29) is 6.03 Å². The van der Waals surface area contributed by atoms with Gasteiger partial charge in [0, 0.05) is 38.4 Å². The van der Waals surface area contributed by atoms with Crippen LogP contribution in [-0.4, -0.2) is 41.6 Å². The van der Waals surface area contributed by atoms with Crippen molar-refractivity contribution in [1.29, 1.82) is 0 Å². The molecule has 0 saturated carbocycles. The molecule has 5 nitrogen and oxygen atoms in total. The smallest absolute Gasteiger partial charge is 0.317 e. The number of aromatic nitrogens is 1. The highest BCUT2D eigenvalue weighted by Crippen LogP contribution is 2.18. The Kier molecular flexibility index (Phi) is 4.80. The number of urea groups is 1. The predicted molar refractivity (Wildman–Crippen MR) is 87.9 cm³/mol. The van der Waals surface area contributed by atoms with E-state index in [2.05, 4.69) is 34.3 Å². The standard InChI is InChI=1S/C17H26N4O/c1-14-6-2-3-11-21(14)17(22)19-13-15-7-8-16(18-12-15)20-9-4-5-10-20/h7-8,12,14H,2-6,9-11,13H2,1H3,(H,19,22). The van der Waals surface area contributed by atoms with Crippen LogP contribution in [0.15, 0.2) is 18.3 Å². The normalized spacial score (nSPS) is 22.0. The molecular formula is C17H26N4O. The number of rotatable bonds is 3. The van der Waals surface area contributed by atoms with E-state index in [4.69, 9.17) is 0 Å². The van der Waals surface area contributed by atoms with E-state index < -0.39 is 0 Å². The zero-order valence-electron chi connectivity index (χ0n) is 13.4. The number of hydrogen-bond acceptors (Lipinski definition) is 3. The van der Waals surface area contributed by atoms with Crippen LogP contribution in [-0.2, 0) is 6.54 Å². The Labute approximate surface area is 132 Å². The molecule has 2 fully saturated rings. The number of hydrogen-bond donors (Lipinski definition) is 1. The minimum Gasteiger partial charge on any atom is -0.357 e. The summed E-state index contributed by atoms with van der Waals surface area (Å²) in [4.78, 5) is 21.0. The zero-order valence-corrected chi connectivity index (χ0v) is 13.4. The Bertz CT molecular complexity index is 496. The molecule has 2 saturated heterocycles. The van der Waals surface area contributed by atoms with Gasteiger partial charge in [0.05, 0.1) is 0 Å². The average Bonchev–Trinajstić information content (AvgIpc) is 3.08. The van der Waals surface area contributed by atoms with E-state index in [9.17, 15) is 4.79 Å². The minimum atomic E-state index is 0.0517. The van der Waals surface area contributed by atoms with Crippen molar-refractivity contribution in [3.05, 3.63) is 23.9 Å². The van der Waals surface area contributed by atoms with Gasteiger partial charge >= 0.3 is 6.03 Å². The summed E-state index contributed by atoms with van der Waals surface area (Å²) >= 11 is 0. The van der Waals surface area contributed by atoms with Crippen LogP contribution in [0, 0.1) is 0 Å². The third kappa shape index (κ3) is 3.51. The minimum absolute atomic E-state index is 0.0517. The fraction of sp³-hybridized carbons (Fsp3) is 0.647. The molecule has 0 aromatic carbocycles. The van der Waals surface area contributed by atoms with E-state index in [0.29, 0.717) is 12.6 Å². The van der Waals surface area contributed by atoms with Crippen LogP contribution in [0.1, 0.15) is 44.6 Å². The predicted octanol–water partition coefficient (Wildman–Crippen LogP) is 2.77. The topological polar surface area (TPSA) is 48.5 Å². The van der Waals surface area contributed by atoms with Gasteiger partial charge in [0.1, 0.15) is 5.82 Å². The first-order valence-electron chi connectivity index (χ1n) is 8.48. The van der Waals surface area contributed by atoms with Crippen molar-refractivity contribution in [1.82, 2.24) is 15.2 Å². The number of likely N-dealkylation sites (tertiary alicyclic amines) is 1. The second-order valence-corrected chi connectivity index (χ2v) is 6.42. The van der Waals surface area contributed by atoms with Crippen molar-refractivity contribution < 1.29 is 4.79 Å². The van der Waals surface area contributed by atoms with Gasteiger partial charge in [-0.15, -0.1) is 0 Å². The average molecular weight is 302 g/mol. The van der Waals surface area contributed by atoms with E-state index in [0.717, 1.165) is 43.9 Å². The van der Waals surface area contributed by atoms with E-state index in [1.165, 1.54) is 19.3 Å². The third-order valence-electron chi connectivity index (χ3n) is 4.75. The number of amides is 2. The summed E-state index contributed by atoms with van der Waals surface area (Å²) in [6.45, 7) is 5.77. The molecule has 1 N–H and O–H groups in total. The molecule has 2 aliphatic heterocycles. The molecule has 0 radical (unpaired) electrons. The van der Waals surface area contributed by atoms with Gasteiger partial charge in [-0.05, 0) is 50.7 Å².